The van der Waals surface area contributed by atoms with Crippen LogP contribution in [0.2, 0.25) is 5.02 Å². The van der Waals surface area contributed by atoms with Gasteiger partial charge < -0.3 is 10.2 Å². The SMILES string of the molecule is Oc1[c]c(O)cc(Cl)c1. The minimum atomic E-state index is -0.153. The smallest absolute Gasteiger partial charge is 0.128 e. The van der Waals surface area contributed by atoms with Crippen LogP contribution >= 0.6 is 11.6 Å². The van der Waals surface area contributed by atoms with E-state index in [2.05, 4.69) is 6.07 Å². The van der Waals surface area contributed by atoms with E-state index in [4.69, 9.17) is 21.8 Å². The third kappa shape index (κ3) is 1.50. The Bertz CT molecular complexity index is 172. The fourth-order valence-corrected chi connectivity index (χ4v) is 0.713. The molecule has 0 bridgehead atoms. The molecule has 0 saturated heterocycles. The zero-order chi connectivity index (χ0) is 6.85. The lowest BCUT2D eigenvalue weighted by molar-refractivity contribution is 0.448. The molecular formula is C6H4ClO2. The van der Waals surface area contributed by atoms with E-state index in [1.54, 1.807) is 0 Å². The first-order chi connectivity index (χ1) is 4.18. The normalized spacial score (nSPS) is 9.44. The maximum absolute atomic E-state index is 8.69. The van der Waals surface area contributed by atoms with Gasteiger partial charge in [-0.2, -0.15) is 0 Å². The molecule has 1 aromatic carbocycles. The second kappa shape index (κ2) is 2.15. The van der Waals surface area contributed by atoms with Crippen molar-refractivity contribution in [2.75, 3.05) is 0 Å². The summed E-state index contributed by atoms with van der Waals surface area (Å²) in [7, 11) is 0. The first-order valence-corrected chi connectivity index (χ1v) is 2.67. The summed E-state index contributed by atoms with van der Waals surface area (Å²) >= 11 is 5.41. The van der Waals surface area contributed by atoms with Gasteiger partial charge in [-0.1, -0.05) is 11.6 Å². The Morgan fingerprint density at radius 3 is 2.00 bits per heavy atom. The lowest BCUT2D eigenvalue weighted by Gasteiger charge is -1.92. The van der Waals surface area contributed by atoms with Crippen LogP contribution in [0.5, 0.6) is 11.5 Å². The number of aromatic hydroxyl groups is 2. The summed E-state index contributed by atoms with van der Waals surface area (Å²) in [6.07, 6.45) is 0. The Morgan fingerprint density at radius 1 is 1.22 bits per heavy atom. The number of phenolic OH excluding ortho intramolecular Hbond substituents is 2. The lowest BCUT2D eigenvalue weighted by Crippen LogP contribution is -1.66. The Balaban J connectivity index is 3.17. The number of phenols is 2. The maximum atomic E-state index is 8.69. The molecule has 0 aliphatic heterocycles. The Hall–Kier alpha value is -0.890. The van der Waals surface area contributed by atoms with Gasteiger partial charge in [0.1, 0.15) is 11.5 Å². The minimum Gasteiger partial charge on any atom is -0.507 e. The highest BCUT2D eigenvalue weighted by Crippen LogP contribution is 2.22. The van der Waals surface area contributed by atoms with Crippen molar-refractivity contribution in [1.29, 1.82) is 0 Å². The summed E-state index contributed by atoms with van der Waals surface area (Å²) in [6, 6.07) is 4.82. The molecule has 2 N–H and O–H groups in total. The van der Waals surface area contributed by atoms with Crippen molar-refractivity contribution in [1.82, 2.24) is 0 Å². The fourth-order valence-electron chi connectivity index (χ4n) is 0.506. The van der Waals surface area contributed by atoms with Crippen LogP contribution in [0.3, 0.4) is 0 Å². The average molecular weight is 144 g/mol. The van der Waals surface area contributed by atoms with Crippen molar-refractivity contribution >= 4 is 11.6 Å². The highest BCUT2D eigenvalue weighted by Gasteiger charge is 1.94. The topological polar surface area (TPSA) is 40.5 Å². The largest absolute Gasteiger partial charge is 0.507 e. The molecule has 0 aromatic heterocycles. The van der Waals surface area contributed by atoms with Crippen LogP contribution in [0, 0.1) is 6.07 Å². The van der Waals surface area contributed by atoms with E-state index >= 15 is 0 Å². The second-order valence-corrected chi connectivity index (χ2v) is 2.01. The van der Waals surface area contributed by atoms with Crippen molar-refractivity contribution in [2.24, 2.45) is 0 Å². The van der Waals surface area contributed by atoms with Crippen LogP contribution in [-0.4, -0.2) is 10.2 Å². The molecule has 0 aliphatic carbocycles. The molecule has 3 heteroatoms. The van der Waals surface area contributed by atoms with E-state index in [1.165, 1.54) is 12.1 Å². The minimum absolute atomic E-state index is 0.153. The molecule has 1 aromatic rings. The van der Waals surface area contributed by atoms with Gasteiger partial charge in [-0.15, -0.1) is 0 Å². The van der Waals surface area contributed by atoms with Crippen LogP contribution in [0.1, 0.15) is 0 Å². The molecule has 0 heterocycles. The average Bonchev–Trinajstić information content (AvgIpc) is 1.59. The fraction of sp³-hybridized carbons (Fsp3) is 0. The van der Waals surface area contributed by atoms with Crippen molar-refractivity contribution in [3.8, 4) is 11.5 Å². The van der Waals surface area contributed by atoms with Gasteiger partial charge in [-0.3, -0.25) is 0 Å². The first kappa shape index (κ1) is 6.23. The zero-order valence-electron chi connectivity index (χ0n) is 4.43. The van der Waals surface area contributed by atoms with E-state index in [0.29, 0.717) is 5.02 Å². The Kier molecular flexibility index (Phi) is 1.49. The number of benzene rings is 1. The Labute approximate surface area is 57.3 Å². The summed E-state index contributed by atoms with van der Waals surface area (Å²) in [5.41, 5.74) is 0. The molecule has 0 fully saturated rings. The van der Waals surface area contributed by atoms with Gasteiger partial charge in [0.2, 0.25) is 0 Å². The standard InChI is InChI=1S/C6H4ClO2/c7-4-1-5(8)3-6(9)2-4/h1-2,8-9H. The summed E-state index contributed by atoms with van der Waals surface area (Å²) in [6.45, 7) is 0. The zero-order valence-corrected chi connectivity index (χ0v) is 5.18. The van der Waals surface area contributed by atoms with Gasteiger partial charge in [0.05, 0.1) is 6.07 Å². The molecule has 0 atom stereocenters. The van der Waals surface area contributed by atoms with Gasteiger partial charge in [0, 0.05) is 5.02 Å². The summed E-state index contributed by atoms with van der Waals surface area (Å²) in [5.74, 6) is -0.306. The molecular weight excluding hydrogens is 140 g/mol. The number of rotatable bonds is 0. The van der Waals surface area contributed by atoms with Crippen molar-refractivity contribution in [2.45, 2.75) is 0 Å². The third-order valence-corrected chi connectivity index (χ3v) is 1.02. The molecule has 0 amide bonds. The summed E-state index contributed by atoms with van der Waals surface area (Å²) in [4.78, 5) is 0. The third-order valence-electron chi connectivity index (χ3n) is 0.805. The maximum Gasteiger partial charge on any atom is 0.128 e. The number of hydrogen-bond donors (Lipinski definition) is 2. The second-order valence-electron chi connectivity index (χ2n) is 1.57. The van der Waals surface area contributed by atoms with Crippen LogP contribution < -0.4 is 0 Å². The van der Waals surface area contributed by atoms with Gasteiger partial charge in [-0.25, -0.2) is 0 Å². The van der Waals surface area contributed by atoms with E-state index < -0.39 is 0 Å². The number of hydrogen-bond acceptors (Lipinski definition) is 2. The molecule has 1 radical (unpaired) electrons. The molecule has 47 valence electrons. The van der Waals surface area contributed by atoms with E-state index in [-0.39, 0.29) is 11.5 Å². The van der Waals surface area contributed by atoms with Gasteiger partial charge in [0.25, 0.3) is 0 Å². The predicted octanol–water partition coefficient (Wildman–Crippen LogP) is 1.55. The van der Waals surface area contributed by atoms with Gasteiger partial charge in [0.15, 0.2) is 0 Å². The van der Waals surface area contributed by atoms with Crippen LogP contribution in [-0.2, 0) is 0 Å². The molecule has 2 nitrogen and oxygen atoms in total. The molecule has 1 rings (SSSR count). The van der Waals surface area contributed by atoms with Gasteiger partial charge in [-0.05, 0) is 12.1 Å². The monoisotopic (exact) mass is 143 g/mol. The van der Waals surface area contributed by atoms with E-state index in [0.717, 1.165) is 0 Å². The highest BCUT2D eigenvalue weighted by atomic mass is 35.5. The van der Waals surface area contributed by atoms with Crippen LogP contribution in [0.15, 0.2) is 12.1 Å². The van der Waals surface area contributed by atoms with Gasteiger partial charge >= 0.3 is 0 Å². The number of halogens is 1. The van der Waals surface area contributed by atoms with Crippen molar-refractivity contribution in [3.63, 3.8) is 0 Å². The van der Waals surface area contributed by atoms with E-state index in [1.807, 2.05) is 0 Å². The highest BCUT2D eigenvalue weighted by molar-refractivity contribution is 6.30. The van der Waals surface area contributed by atoms with E-state index in [9.17, 15) is 0 Å². The summed E-state index contributed by atoms with van der Waals surface area (Å²) < 4.78 is 0. The van der Waals surface area contributed by atoms with Crippen LogP contribution in [0.4, 0.5) is 0 Å². The quantitative estimate of drug-likeness (QED) is 0.579. The molecule has 0 spiro atoms. The van der Waals surface area contributed by atoms with Crippen LogP contribution in [0.25, 0.3) is 0 Å². The summed E-state index contributed by atoms with van der Waals surface area (Å²) in [5, 5.41) is 17.7. The Morgan fingerprint density at radius 2 is 1.67 bits per heavy atom. The molecule has 0 saturated carbocycles. The lowest BCUT2D eigenvalue weighted by atomic mass is 10.3. The molecule has 0 aliphatic rings. The van der Waals surface area contributed by atoms with Crippen molar-refractivity contribution in [3.05, 3.63) is 23.2 Å². The predicted molar refractivity (Wildman–Crippen MR) is 33.6 cm³/mol. The van der Waals surface area contributed by atoms with Crippen molar-refractivity contribution < 1.29 is 10.2 Å². The molecule has 0 unspecified atom stereocenters. The first-order valence-electron chi connectivity index (χ1n) is 2.29. The molecule has 9 heavy (non-hydrogen) atoms.